The average molecular weight is 249 g/mol. The molecule has 0 unspecified atom stereocenters. The first-order chi connectivity index (χ1) is 8.03. The molecule has 3 nitrogen and oxygen atoms in total. The van der Waals surface area contributed by atoms with Crippen molar-refractivity contribution in [2.75, 3.05) is 11.9 Å². The van der Waals surface area contributed by atoms with E-state index in [2.05, 4.69) is 24.1 Å². The van der Waals surface area contributed by atoms with Crippen molar-refractivity contribution in [3.63, 3.8) is 0 Å². The Morgan fingerprint density at radius 3 is 2.76 bits per heavy atom. The van der Waals surface area contributed by atoms with Crippen LogP contribution in [0.25, 0.3) is 0 Å². The number of aromatic nitrogens is 1. The van der Waals surface area contributed by atoms with Crippen LogP contribution < -0.4 is 11.1 Å². The molecule has 1 aliphatic rings. The van der Waals surface area contributed by atoms with Gasteiger partial charge in [-0.05, 0) is 36.3 Å². The summed E-state index contributed by atoms with van der Waals surface area (Å²) in [6, 6.07) is 5.72. The normalized spacial score (nSPS) is 16.9. The smallest absolute Gasteiger partial charge is 0.126 e. The second kappa shape index (κ2) is 4.61. The molecule has 0 aromatic carbocycles. The predicted molar refractivity (Wildman–Crippen MR) is 75.1 cm³/mol. The maximum atomic E-state index is 5.57. The molecule has 0 spiro atoms. The third-order valence-electron chi connectivity index (χ3n) is 3.74. The number of pyridine rings is 1. The quantitative estimate of drug-likeness (QED) is 0.787. The average Bonchev–Trinajstić information content (AvgIpc) is 3.08. The lowest BCUT2D eigenvalue weighted by molar-refractivity contribution is 0.380. The number of nitrogens with zero attached hydrogens (tertiary/aromatic N) is 1. The lowest BCUT2D eigenvalue weighted by Gasteiger charge is -2.20. The van der Waals surface area contributed by atoms with E-state index in [-0.39, 0.29) is 0 Å². The van der Waals surface area contributed by atoms with Crippen molar-refractivity contribution >= 4 is 23.0 Å². The number of hydrogen-bond acceptors (Lipinski definition) is 3. The van der Waals surface area contributed by atoms with Gasteiger partial charge in [-0.1, -0.05) is 32.1 Å². The highest BCUT2D eigenvalue weighted by Crippen LogP contribution is 2.51. The summed E-state index contributed by atoms with van der Waals surface area (Å²) in [6.45, 7) is 5.56. The maximum absolute atomic E-state index is 5.57. The van der Waals surface area contributed by atoms with Gasteiger partial charge < -0.3 is 11.1 Å². The number of nitrogens with one attached hydrogen (secondary N) is 1. The molecule has 0 bridgehead atoms. The van der Waals surface area contributed by atoms with Crippen LogP contribution in [0.2, 0.25) is 0 Å². The van der Waals surface area contributed by atoms with E-state index < -0.39 is 0 Å². The molecule has 0 saturated heterocycles. The Balaban J connectivity index is 2.00. The second-order valence-electron chi connectivity index (χ2n) is 5.14. The van der Waals surface area contributed by atoms with E-state index in [0.717, 1.165) is 12.4 Å². The van der Waals surface area contributed by atoms with E-state index in [9.17, 15) is 0 Å². The number of anilines is 1. The van der Waals surface area contributed by atoms with Crippen LogP contribution in [0.5, 0.6) is 0 Å². The first kappa shape index (κ1) is 12.3. The van der Waals surface area contributed by atoms with Gasteiger partial charge in [-0.25, -0.2) is 4.98 Å². The van der Waals surface area contributed by atoms with Crippen LogP contribution in [0.1, 0.15) is 32.4 Å². The van der Waals surface area contributed by atoms with Crippen LogP contribution >= 0.6 is 12.2 Å². The Kier molecular flexibility index (Phi) is 3.33. The van der Waals surface area contributed by atoms with Crippen molar-refractivity contribution in [2.24, 2.45) is 17.1 Å². The second-order valence-corrected chi connectivity index (χ2v) is 5.58. The van der Waals surface area contributed by atoms with Gasteiger partial charge in [-0.2, -0.15) is 0 Å². The van der Waals surface area contributed by atoms with Gasteiger partial charge >= 0.3 is 0 Å². The Labute approximate surface area is 108 Å². The van der Waals surface area contributed by atoms with Gasteiger partial charge in [0.25, 0.3) is 0 Å². The van der Waals surface area contributed by atoms with E-state index in [1.807, 2.05) is 18.2 Å². The first-order valence-corrected chi connectivity index (χ1v) is 6.45. The van der Waals surface area contributed by atoms with Crippen molar-refractivity contribution in [2.45, 2.75) is 26.7 Å². The molecule has 0 aliphatic heterocycles. The Bertz CT molecular complexity index is 424. The molecule has 1 fully saturated rings. The van der Waals surface area contributed by atoms with Crippen LogP contribution in [0.15, 0.2) is 18.2 Å². The molecule has 4 heteroatoms. The van der Waals surface area contributed by atoms with Crippen LogP contribution in [-0.2, 0) is 0 Å². The summed E-state index contributed by atoms with van der Waals surface area (Å²) >= 11 is 4.92. The zero-order chi connectivity index (χ0) is 12.5. The summed E-state index contributed by atoms with van der Waals surface area (Å²) < 4.78 is 0. The van der Waals surface area contributed by atoms with E-state index >= 15 is 0 Å². The van der Waals surface area contributed by atoms with Gasteiger partial charge in [-0.3, -0.25) is 0 Å². The van der Waals surface area contributed by atoms with Crippen LogP contribution in [0.3, 0.4) is 0 Å². The van der Waals surface area contributed by atoms with Gasteiger partial charge in [0, 0.05) is 6.54 Å². The highest BCUT2D eigenvalue weighted by Gasteiger charge is 2.44. The number of rotatable bonds is 5. The van der Waals surface area contributed by atoms with Gasteiger partial charge in [0.05, 0.1) is 5.69 Å². The molecular weight excluding hydrogens is 230 g/mol. The predicted octanol–water partition coefficient (Wildman–Crippen LogP) is 2.56. The van der Waals surface area contributed by atoms with E-state index in [0.29, 0.717) is 22.0 Å². The molecule has 1 aromatic heterocycles. The minimum atomic E-state index is 0.346. The standard InChI is InChI=1S/C13H19N3S/c1-9(2)13(6-7-13)8-15-11-5-3-4-10(16-11)12(14)17/h3-5,9H,6-8H2,1-2H3,(H2,14,17)(H,15,16). The zero-order valence-corrected chi connectivity index (χ0v) is 11.2. The van der Waals surface area contributed by atoms with E-state index in [1.165, 1.54) is 12.8 Å². The Hall–Kier alpha value is -1.16. The zero-order valence-electron chi connectivity index (χ0n) is 10.4. The van der Waals surface area contributed by atoms with Gasteiger partial charge in [0.15, 0.2) is 0 Å². The fourth-order valence-corrected chi connectivity index (χ4v) is 2.17. The van der Waals surface area contributed by atoms with E-state index in [1.54, 1.807) is 0 Å². The summed E-state index contributed by atoms with van der Waals surface area (Å²) in [6.07, 6.45) is 2.62. The third kappa shape index (κ3) is 2.75. The molecule has 0 atom stereocenters. The van der Waals surface area contributed by atoms with Gasteiger partial charge in [0.2, 0.25) is 0 Å². The van der Waals surface area contributed by atoms with Crippen LogP contribution in [-0.4, -0.2) is 16.5 Å². The Morgan fingerprint density at radius 2 is 2.24 bits per heavy atom. The van der Waals surface area contributed by atoms with Gasteiger partial charge in [0.1, 0.15) is 10.8 Å². The van der Waals surface area contributed by atoms with Crippen LogP contribution in [0.4, 0.5) is 5.82 Å². The largest absolute Gasteiger partial charge is 0.388 e. The minimum Gasteiger partial charge on any atom is -0.388 e. The van der Waals surface area contributed by atoms with Crippen LogP contribution in [0, 0.1) is 11.3 Å². The first-order valence-electron chi connectivity index (χ1n) is 6.04. The number of hydrogen-bond donors (Lipinski definition) is 2. The molecular formula is C13H19N3S. The molecule has 0 radical (unpaired) electrons. The van der Waals surface area contributed by atoms with Crippen molar-refractivity contribution in [3.05, 3.63) is 23.9 Å². The highest BCUT2D eigenvalue weighted by molar-refractivity contribution is 7.80. The minimum absolute atomic E-state index is 0.346. The summed E-state index contributed by atoms with van der Waals surface area (Å²) in [5.74, 6) is 1.58. The number of thiocarbonyl (C=S) groups is 1. The molecule has 3 N–H and O–H groups in total. The topological polar surface area (TPSA) is 50.9 Å². The fourth-order valence-electron chi connectivity index (χ4n) is 2.06. The highest BCUT2D eigenvalue weighted by atomic mass is 32.1. The lowest BCUT2D eigenvalue weighted by Crippen LogP contribution is -2.22. The monoisotopic (exact) mass is 249 g/mol. The van der Waals surface area contributed by atoms with Crippen molar-refractivity contribution in [1.29, 1.82) is 0 Å². The van der Waals surface area contributed by atoms with Crippen molar-refractivity contribution < 1.29 is 0 Å². The third-order valence-corrected chi connectivity index (χ3v) is 3.95. The fraction of sp³-hybridized carbons (Fsp3) is 0.538. The molecule has 92 valence electrons. The summed E-state index contributed by atoms with van der Waals surface area (Å²) in [5.41, 5.74) is 6.72. The SMILES string of the molecule is CC(C)C1(CNc2cccc(C(N)=S)n2)CC1. The van der Waals surface area contributed by atoms with E-state index in [4.69, 9.17) is 18.0 Å². The molecule has 1 heterocycles. The molecule has 1 aliphatic carbocycles. The lowest BCUT2D eigenvalue weighted by atomic mass is 9.92. The molecule has 2 rings (SSSR count). The maximum Gasteiger partial charge on any atom is 0.126 e. The molecule has 1 saturated carbocycles. The molecule has 17 heavy (non-hydrogen) atoms. The number of nitrogens with two attached hydrogens (primary N) is 1. The summed E-state index contributed by atoms with van der Waals surface area (Å²) in [4.78, 5) is 4.73. The Morgan fingerprint density at radius 1 is 1.53 bits per heavy atom. The molecule has 1 aromatic rings. The van der Waals surface area contributed by atoms with Crippen molar-refractivity contribution in [1.82, 2.24) is 4.98 Å². The summed E-state index contributed by atoms with van der Waals surface area (Å²) in [7, 11) is 0. The summed E-state index contributed by atoms with van der Waals surface area (Å²) in [5, 5.41) is 3.40. The van der Waals surface area contributed by atoms with Gasteiger partial charge in [-0.15, -0.1) is 0 Å². The van der Waals surface area contributed by atoms with Crippen molar-refractivity contribution in [3.8, 4) is 0 Å². The molecule has 0 amide bonds.